The van der Waals surface area contributed by atoms with Gasteiger partial charge in [-0.2, -0.15) is 0 Å². The zero-order chi connectivity index (χ0) is 56.1. The predicted octanol–water partition coefficient (Wildman–Crippen LogP) is 18.5. The van der Waals surface area contributed by atoms with Gasteiger partial charge in [0.05, 0.1) is 55.2 Å². The van der Waals surface area contributed by atoms with Crippen molar-refractivity contribution in [3.05, 3.63) is 280 Å². The van der Waals surface area contributed by atoms with Crippen LogP contribution in [-0.2, 0) is 0 Å². The van der Waals surface area contributed by atoms with E-state index in [1.54, 1.807) is 0 Å². The molecular formula is C76H46N10. The van der Waals surface area contributed by atoms with Crippen LogP contribution >= 0.6 is 0 Å². The number of para-hydroxylation sites is 8. The van der Waals surface area contributed by atoms with E-state index in [9.17, 15) is 0 Å². The maximum Gasteiger partial charge on any atom is 0.146 e. The zero-order valence-corrected chi connectivity index (χ0v) is 46.0. The van der Waals surface area contributed by atoms with E-state index >= 15 is 0 Å². The summed E-state index contributed by atoms with van der Waals surface area (Å²) in [7, 11) is 0. The van der Waals surface area contributed by atoms with E-state index < -0.39 is 0 Å². The second-order valence-electron chi connectivity index (χ2n) is 22.2. The van der Waals surface area contributed by atoms with Crippen LogP contribution in [0.4, 0.5) is 0 Å². The summed E-state index contributed by atoms with van der Waals surface area (Å²) in [5.41, 5.74) is 18.1. The lowest BCUT2D eigenvalue weighted by atomic mass is 9.98. The molecule has 20 rings (SSSR count). The number of nitrogens with zero attached hydrogens (tertiary/aromatic N) is 10. The first kappa shape index (κ1) is 46.7. The Morgan fingerprint density at radius 1 is 0.221 bits per heavy atom. The first-order chi connectivity index (χ1) is 42.8. The third-order valence-corrected chi connectivity index (χ3v) is 17.9. The van der Waals surface area contributed by atoms with Crippen LogP contribution in [0.2, 0.25) is 0 Å². The fourth-order valence-electron chi connectivity index (χ4n) is 14.7. The van der Waals surface area contributed by atoms with E-state index in [-0.39, 0.29) is 0 Å². The van der Waals surface area contributed by atoms with E-state index in [0.29, 0.717) is 0 Å². The fourth-order valence-corrected chi connectivity index (χ4v) is 14.7. The van der Waals surface area contributed by atoms with Gasteiger partial charge < -0.3 is 18.3 Å². The minimum Gasteiger partial charge on any atom is -0.308 e. The van der Waals surface area contributed by atoms with Crippen molar-refractivity contribution in [1.29, 1.82) is 0 Å². The molecule has 10 aromatic carbocycles. The van der Waals surface area contributed by atoms with Crippen LogP contribution in [0.15, 0.2) is 280 Å². The maximum atomic E-state index is 4.86. The normalized spacial score (nSPS) is 12.2. The van der Waals surface area contributed by atoms with Gasteiger partial charge in [0, 0.05) is 137 Å². The zero-order valence-electron chi connectivity index (χ0n) is 46.0. The van der Waals surface area contributed by atoms with Crippen molar-refractivity contribution in [3.63, 3.8) is 0 Å². The molecule has 86 heavy (non-hydrogen) atoms. The molecule has 0 amide bonds. The molecule has 0 radical (unpaired) electrons. The largest absolute Gasteiger partial charge is 0.308 e. The molecule has 0 atom stereocenters. The summed E-state index contributed by atoms with van der Waals surface area (Å²) in [6.45, 7) is 0. The topological polar surface area (TPSA) is 80.1 Å². The standard InChI is InChI=1S/2C38H23N5/c1-3-11-24(12-4-1)42-31-18-10-8-16-28(31)34-36(42)32-26-19-20-39-23-29(26)38-40-21-22-41(38)35(32)33-27-15-7-9-17-30(27)43(37(33)34)25-13-5-2-6-14-25;1-3-11-24(12-4-1)42-30-17-9-7-15-27(30)33-32-26-19-20-39-23-29(26)38-40-21-22-41(38)35(32)34-28-16-8-10-18-31(28)43(37(34)36(33)42)25-13-5-2-6-14-25/h2*1-23H. The molecule has 0 aliphatic rings. The van der Waals surface area contributed by atoms with Crippen molar-refractivity contribution >= 4 is 142 Å². The Hall–Kier alpha value is -11.9. The molecule has 0 bridgehead atoms. The number of benzene rings is 10. The molecule has 0 saturated carbocycles. The summed E-state index contributed by atoms with van der Waals surface area (Å²) >= 11 is 0. The molecule has 0 spiro atoms. The van der Waals surface area contributed by atoms with Crippen molar-refractivity contribution in [3.8, 4) is 22.7 Å². The maximum absolute atomic E-state index is 4.86. The summed E-state index contributed by atoms with van der Waals surface area (Å²) < 4.78 is 14.4. The Labute approximate surface area is 489 Å². The van der Waals surface area contributed by atoms with Crippen molar-refractivity contribution in [2.24, 2.45) is 0 Å². The van der Waals surface area contributed by atoms with Gasteiger partial charge in [-0.1, -0.05) is 146 Å². The highest BCUT2D eigenvalue weighted by atomic mass is 15.1. The van der Waals surface area contributed by atoms with E-state index in [4.69, 9.17) is 9.97 Å². The molecule has 0 fully saturated rings. The first-order valence-electron chi connectivity index (χ1n) is 29.0. The van der Waals surface area contributed by atoms with Crippen LogP contribution in [0.3, 0.4) is 0 Å². The van der Waals surface area contributed by atoms with E-state index in [0.717, 1.165) is 66.6 Å². The third kappa shape index (κ3) is 6.22. The quantitative estimate of drug-likeness (QED) is 0.165. The average molecular weight is 1100 g/mol. The molecule has 0 unspecified atom stereocenters. The predicted molar refractivity (Wildman–Crippen MR) is 353 cm³/mol. The summed E-state index contributed by atoms with van der Waals surface area (Å²) in [5.74, 6) is 0. The summed E-state index contributed by atoms with van der Waals surface area (Å²) in [5, 5.41) is 16.6. The van der Waals surface area contributed by atoms with Gasteiger partial charge in [-0.25, -0.2) is 9.97 Å². The highest BCUT2D eigenvalue weighted by Gasteiger charge is 2.30. The Kier molecular flexibility index (Phi) is 9.67. The lowest BCUT2D eigenvalue weighted by Crippen LogP contribution is -2.00. The first-order valence-corrected chi connectivity index (χ1v) is 29.0. The summed E-state index contributed by atoms with van der Waals surface area (Å²) in [4.78, 5) is 18.8. The van der Waals surface area contributed by atoms with Crippen LogP contribution in [0.1, 0.15) is 0 Å². The minimum atomic E-state index is 0.912. The van der Waals surface area contributed by atoms with Crippen molar-refractivity contribution in [2.45, 2.75) is 0 Å². The van der Waals surface area contributed by atoms with Gasteiger partial charge in [0.1, 0.15) is 11.3 Å². The fraction of sp³-hybridized carbons (Fsp3) is 0. The van der Waals surface area contributed by atoms with Gasteiger partial charge in [-0.3, -0.25) is 18.8 Å². The van der Waals surface area contributed by atoms with Gasteiger partial charge in [-0.05, 0) is 95.7 Å². The number of fused-ring (bicyclic) bond motifs is 30. The van der Waals surface area contributed by atoms with Gasteiger partial charge in [0.25, 0.3) is 0 Å². The molecular weight excluding hydrogens is 1050 g/mol. The van der Waals surface area contributed by atoms with Gasteiger partial charge in [0.15, 0.2) is 0 Å². The average Bonchev–Trinajstić information content (AvgIpc) is 1.60. The van der Waals surface area contributed by atoms with Crippen LogP contribution < -0.4 is 0 Å². The molecule has 20 aromatic rings. The van der Waals surface area contributed by atoms with E-state index in [1.807, 2.05) is 37.2 Å². The van der Waals surface area contributed by atoms with Crippen molar-refractivity contribution in [1.82, 2.24) is 47.0 Å². The molecule has 0 N–H and O–H groups in total. The second-order valence-corrected chi connectivity index (χ2v) is 22.2. The highest BCUT2D eigenvalue weighted by molar-refractivity contribution is 6.42. The Balaban J connectivity index is 0.000000126. The molecule has 10 nitrogen and oxygen atoms in total. The Morgan fingerprint density at radius 2 is 0.512 bits per heavy atom. The number of aromatic nitrogens is 10. The molecule has 10 heterocycles. The van der Waals surface area contributed by atoms with Crippen LogP contribution in [0, 0.1) is 0 Å². The van der Waals surface area contributed by atoms with E-state index in [2.05, 4.69) is 280 Å². The summed E-state index contributed by atoms with van der Waals surface area (Å²) in [6.07, 6.45) is 15.7. The van der Waals surface area contributed by atoms with Crippen LogP contribution in [0.25, 0.3) is 165 Å². The number of hydrogen-bond acceptors (Lipinski definition) is 4. The van der Waals surface area contributed by atoms with Gasteiger partial charge >= 0.3 is 0 Å². The molecule has 10 aromatic heterocycles. The number of hydrogen-bond donors (Lipinski definition) is 0. The minimum absolute atomic E-state index is 0.912. The second kappa shape index (κ2) is 17.8. The SMILES string of the molecule is c1ccc(-n2c3ccccc3c3c2c2c4ccncc4c4nccn4c2c2c4ccccc4n(-c4ccccc4)c32)cc1.c1ccc(-n2c3ccccc3c3c4c5ccncc5c5nccn5c4c4c5ccccc5n(-c5ccccc5)c4c32)cc1. The monoisotopic (exact) mass is 1100 g/mol. The lowest BCUT2D eigenvalue weighted by molar-refractivity contribution is 1.15. The molecule has 0 aliphatic carbocycles. The summed E-state index contributed by atoms with van der Waals surface area (Å²) in [6, 6.07) is 82.4. The molecule has 10 heteroatoms. The van der Waals surface area contributed by atoms with Crippen molar-refractivity contribution < 1.29 is 0 Å². The van der Waals surface area contributed by atoms with Crippen LogP contribution in [-0.4, -0.2) is 47.0 Å². The smallest absolute Gasteiger partial charge is 0.146 e. The highest BCUT2D eigenvalue weighted by Crippen LogP contribution is 2.51. The third-order valence-electron chi connectivity index (χ3n) is 17.9. The Bertz CT molecular complexity index is 6180. The number of rotatable bonds is 4. The molecule has 0 aliphatic heterocycles. The van der Waals surface area contributed by atoms with E-state index in [1.165, 1.54) is 98.0 Å². The Morgan fingerprint density at radius 3 is 0.930 bits per heavy atom. The number of pyridine rings is 4. The number of imidazole rings is 2. The van der Waals surface area contributed by atoms with Crippen molar-refractivity contribution in [2.75, 3.05) is 0 Å². The van der Waals surface area contributed by atoms with Crippen LogP contribution in [0.5, 0.6) is 0 Å². The molecule has 0 saturated heterocycles. The molecule has 400 valence electrons. The lowest BCUT2D eigenvalue weighted by Gasteiger charge is -2.16. The van der Waals surface area contributed by atoms with Gasteiger partial charge in [0.2, 0.25) is 0 Å². The van der Waals surface area contributed by atoms with Gasteiger partial charge in [-0.15, -0.1) is 0 Å².